The van der Waals surface area contributed by atoms with E-state index in [-0.39, 0.29) is 0 Å². The minimum absolute atomic E-state index is 0.403. The minimum atomic E-state index is 0.403. The zero-order valence-corrected chi connectivity index (χ0v) is 14.3. The van der Waals surface area contributed by atoms with Crippen molar-refractivity contribution in [3.63, 3.8) is 0 Å². The molecule has 1 unspecified atom stereocenters. The first-order chi connectivity index (χ1) is 11.2. The number of aromatic nitrogens is 4. The van der Waals surface area contributed by atoms with Crippen molar-refractivity contribution in [2.24, 2.45) is 0 Å². The second kappa shape index (κ2) is 6.07. The van der Waals surface area contributed by atoms with Crippen LogP contribution in [0, 0.1) is 0 Å². The molecule has 6 nitrogen and oxygen atoms in total. The highest BCUT2D eigenvalue weighted by Gasteiger charge is 2.25. The van der Waals surface area contributed by atoms with Crippen LogP contribution in [0.25, 0.3) is 5.65 Å². The Kier molecular flexibility index (Phi) is 3.92. The maximum absolute atomic E-state index is 6.02. The standard InChI is InChI=1S/C15H17ClN6S/c1-11-8-20(9-12-2-3-13(16)23-12)6-7-21(11)15-5-4-14-18-17-10-22(14)19-15/h2-5,10-11H,6-9H2,1H3. The van der Waals surface area contributed by atoms with Crippen LogP contribution in [0.5, 0.6) is 0 Å². The fraction of sp³-hybridized carbons (Fsp3) is 0.400. The molecule has 120 valence electrons. The van der Waals surface area contributed by atoms with Crippen LogP contribution in [-0.4, -0.2) is 50.4 Å². The summed E-state index contributed by atoms with van der Waals surface area (Å²) in [5.41, 5.74) is 0.773. The molecule has 0 N–H and O–H groups in total. The van der Waals surface area contributed by atoms with Crippen molar-refractivity contribution >= 4 is 34.4 Å². The molecule has 1 aliphatic heterocycles. The number of piperazine rings is 1. The van der Waals surface area contributed by atoms with Crippen molar-refractivity contribution in [1.82, 2.24) is 24.7 Å². The van der Waals surface area contributed by atoms with Crippen LogP contribution in [0.15, 0.2) is 30.6 Å². The highest BCUT2D eigenvalue weighted by molar-refractivity contribution is 7.16. The molecule has 3 aromatic rings. The van der Waals surface area contributed by atoms with Gasteiger partial charge in [-0.1, -0.05) is 11.6 Å². The number of anilines is 1. The molecule has 23 heavy (non-hydrogen) atoms. The van der Waals surface area contributed by atoms with E-state index in [1.54, 1.807) is 22.2 Å². The van der Waals surface area contributed by atoms with Crippen LogP contribution in [0.3, 0.4) is 0 Å². The van der Waals surface area contributed by atoms with E-state index in [0.717, 1.165) is 42.0 Å². The minimum Gasteiger partial charge on any atom is -0.350 e. The number of hydrogen-bond acceptors (Lipinski definition) is 6. The normalized spacial score (nSPS) is 19.6. The van der Waals surface area contributed by atoms with Gasteiger partial charge in [-0.2, -0.15) is 4.52 Å². The van der Waals surface area contributed by atoms with Crippen LogP contribution < -0.4 is 4.90 Å². The number of rotatable bonds is 3. The Hall–Kier alpha value is -1.70. The lowest BCUT2D eigenvalue weighted by atomic mass is 10.2. The molecule has 8 heteroatoms. The molecule has 3 aromatic heterocycles. The van der Waals surface area contributed by atoms with Crippen LogP contribution in [0.1, 0.15) is 11.8 Å². The largest absolute Gasteiger partial charge is 0.350 e. The summed E-state index contributed by atoms with van der Waals surface area (Å²) in [5, 5.41) is 12.5. The number of fused-ring (bicyclic) bond motifs is 1. The maximum Gasteiger partial charge on any atom is 0.177 e. The molecule has 0 bridgehead atoms. The van der Waals surface area contributed by atoms with E-state index in [2.05, 4.69) is 38.1 Å². The smallest absolute Gasteiger partial charge is 0.177 e. The van der Waals surface area contributed by atoms with Gasteiger partial charge < -0.3 is 4.90 Å². The van der Waals surface area contributed by atoms with E-state index < -0.39 is 0 Å². The third-order valence-electron chi connectivity index (χ3n) is 4.16. The van der Waals surface area contributed by atoms with Crippen molar-refractivity contribution in [2.45, 2.75) is 19.5 Å². The molecule has 1 atom stereocenters. The van der Waals surface area contributed by atoms with Gasteiger partial charge in [0.1, 0.15) is 12.1 Å². The predicted octanol–water partition coefficient (Wildman–Crippen LogP) is 2.55. The third-order valence-corrected chi connectivity index (χ3v) is 5.38. The number of thiophene rings is 1. The Morgan fingerprint density at radius 3 is 2.96 bits per heavy atom. The lowest BCUT2D eigenvalue weighted by Gasteiger charge is -2.40. The van der Waals surface area contributed by atoms with E-state index in [1.807, 2.05) is 18.2 Å². The van der Waals surface area contributed by atoms with Gasteiger partial charge in [0.2, 0.25) is 0 Å². The van der Waals surface area contributed by atoms with Gasteiger partial charge >= 0.3 is 0 Å². The van der Waals surface area contributed by atoms with Crippen LogP contribution in [0.2, 0.25) is 4.34 Å². The Morgan fingerprint density at radius 1 is 1.26 bits per heavy atom. The van der Waals surface area contributed by atoms with Gasteiger partial charge in [0, 0.05) is 37.1 Å². The number of halogens is 1. The van der Waals surface area contributed by atoms with E-state index >= 15 is 0 Å². The Labute approximate surface area is 143 Å². The van der Waals surface area contributed by atoms with Crippen LogP contribution in [-0.2, 0) is 6.54 Å². The SMILES string of the molecule is CC1CN(Cc2ccc(Cl)s2)CCN1c1ccc2nncn2n1. The summed E-state index contributed by atoms with van der Waals surface area (Å²) in [6, 6.07) is 8.48. The second-order valence-corrected chi connectivity index (χ2v) is 7.61. The average Bonchev–Trinajstić information content (AvgIpc) is 3.15. The van der Waals surface area contributed by atoms with Gasteiger partial charge in [0.15, 0.2) is 5.65 Å². The third kappa shape index (κ3) is 3.04. The second-order valence-electron chi connectivity index (χ2n) is 5.81. The molecule has 0 spiro atoms. The van der Waals surface area contributed by atoms with Crippen molar-refractivity contribution in [3.8, 4) is 0 Å². The maximum atomic E-state index is 6.02. The lowest BCUT2D eigenvalue weighted by Crippen LogP contribution is -2.51. The first-order valence-electron chi connectivity index (χ1n) is 7.59. The molecule has 0 radical (unpaired) electrons. The summed E-state index contributed by atoms with van der Waals surface area (Å²) in [4.78, 5) is 6.14. The molecular weight excluding hydrogens is 332 g/mol. The quantitative estimate of drug-likeness (QED) is 0.728. The summed E-state index contributed by atoms with van der Waals surface area (Å²) < 4.78 is 2.58. The zero-order chi connectivity index (χ0) is 15.8. The molecule has 0 aromatic carbocycles. The Bertz CT molecular complexity index is 815. The summed E-state index contributed by atoms with van der Waals surface area (Å²) in [7, 11) is 0. The molecule has 0 aliphatic carbocycles. The number of nitrogens with zero attached hydrogens (tertiary/aromatic N) is 6. The summed E-state index contributed by atoms with van der Waals surface area (Å²) >= 11 is 7.68. The van der Waals surface area contributed by atoms with E-state index in [1.165, 1.54) is 4.88 Å². The molecule has 0 amide bonds. The summed E-state index contributed by atoms with van der Waals surface area (Å²) in [6.45, 7) is 6.19. The van der Waals surface area contributed by atoms with Gasteiger partial charge in [-0.15, -0.1) is 26.6 Å². The molecule has 1 fully saturated rings. The first-order valence-corrected chi connectivity index (χ1v) is 8.79. The zero-order valence-electron chi connectivity index (χ0n) is 12.8. The highest BCUT2D eigenvalue weighted by Crippen LogP contribution is 2.24. The summed E-state index contributed by atoms with van der Waals surface area (Å²) in [5.74, 6) is 0.976. The summed E-state index contributed by atoms with van der Waals surface area (Å²) in [6.07, 6.45) is 1.64. The van der Waals surface area contributed by atoms with Crippen molar-refractivity contribution in [3.05, 3.63) is 39.8 Å². The Balaban J connectivity index is 1.46. The first kappa shape index (κ1) is 14.9. The van der Waals surface area contributed by atoms with Gasteiger partial charge in [-0.05, 0) is 31.2 Å². The van der Waals surface area contributed by atoms with E-state index in [9.17, 15) is 0 Å². The van der Waals surface area contributed by atoms with Crippen molar-refractivity contribution in [1.29, 1.82) is 0 Å². The van der Waals surface area contributed by atoms with Gasteiger partial charge in [0.25, 0.3) is 0 Å². The average molecular weight is 349 g/mol. The molecule has 0 saturated carbocycles. The topological polar surface area (TPSA) is 49.6 Å². The van der Waals surface area contributed by atoms with Gasteiger partial charge in [-0.3, -0.25) is 4.90 Å². The van der Waals surface area contributed by atoms with E-state index in [0.29, 0.717) is 6.04 Å². The molecule has 1 saturated heterocycles. The monoisotopic (exact) mass is 348 g/mol. The van der Waals surface area contributed by atoms with Crippen LogP contribution >= 0.6 is 22.9 Å². The van der Waals surface area contributed by atoms with Gasteiger partial charge in [0.05, 0.1) is 4.34 Å². The molecule has 1 aliphatic rings. The molecule has 4 rings (SSSR count). The van der Waals surface area contributed by atoms with E-state index in [4.69, 9.17) is 11.6 Å². The fourth-order valence-electron chi connectivity index (χ4n) is 3.05. The predicted molar refractivity (Wildman–Crippen MR) is 92.2 cm³/mol. The van der Waals surface area contributed by atoms with Gasteiger partial charge in [-0.25, -0.2) is 0 Å². The lowest BCUT2D eigenvalue weighted by molar-refractivity contribution is 0.222. The molecular formula is C15H17ClN6S. The number of hydrogen-bond donors (Lipinski definition) is 0. The van der Waals surface area contributed by atoms with Crippen LogP contribution in [0.4, 0.5) is 5.82 Å². The van der Waals surface area contributed by atoms with Crippen molar-refractivity contribution < 1.29 is 0 Å². The highest BCUT2D eigenvalue weighted by atomic mass is 35.5. The molecule has 4 heterocycles. The van der Waals surface area contributed by atoms with Crippen molar-refractivity contribution in [2.75, 3.05) is 24.5 Å². The Morgan fingerprint density at radius 2 is 2.17 bits per heavy atom. The fourth-order valence-corrected chi connectivity index (χ4v) is 4.18.